The van der Waals surface area contributed by atoms with Crippen LogP contribution in [0.1, 0.15) is 44.6 Å². The number of carbonyl (C=O) groups excluding carboxylic acids is 1. The Labute approximate surface area is 209 Å². The molecule has 2 aliphatic rings. The molecular formula is C27H30N4O3S. The number of hydrogen-bond acceptors (Lipinski definition) is 6. The first-order valence-corrected chi connectivity index (χ1v) is 13.0. The number of methoxy groups -OCH3 is 1. The highest BCUT2D eigenvalue weighted by molar-refractivity contribution is 7.07. The lowest BCUT2D eigenvalue weighted by molar-refractivity contribution is -0.118. The molecule has 2 heterocycles. The average Bonchev–Trinajstić information content (AvgIpc) is 3.26. The van der Waals surface area contributed by atoms with Crippen molar-refractivity contribution >= 4 is 28.6 Å². The number of nitrogens with zero attached hydrogens (tertiary/aromatic N) is 3. The van der Waals surface area contributed by atoms with Crippen LogP contribution in [0.4, 0.5) is 5.69 Å². The summed E-state index contributed by atoms with van der Waals surface area (Å²) in [5.41, 5.74) is 4.73. The van der Waals surface area contributed by atoms with Gasteiger partial charge in [-0.05, 0) is 55.7 Å². The smallest absolute Gasteiger partial charge is 0.262 e. The van der Waals surface area contributed by atoms with Crippen molar-refractivity contribution in [3.05, 3.63) is 58.2 Å². The molecule has 1 fully saturated rings. The van der Waals surface area contributed by atoms with Gasteiger partial charge in [-0.25, -0.2) is 4.68 Å². The third-order valence-corrected chi connectivity index (χ3v) is 7.18. The molecule has 3 aromatic rings. The van der Waals surface area contributed by atoms with Gasteiger partial charge < -0.3 is 14.8 Å². The van der Waals surface area contributed by atoms with E-state index in [0.29, 0.717) is 17.5 Å². The van der Waals surface area contributed by atoms with E-state index in [1.807, 2.05) is 41.9 Å². The summed E-state index contributed by atoms with van der Waals surface area (Å²) in [6.45, 7) is 2.09. The molecule has 2 aromatic carbocycles. The number of hydrogen-bond donors (Lipinski definition) is 1. The van der Waals surface area contributed by atoms with E-state index in [4.69, 9.17) is 19.6 Å². The minimum Gasteiger partial charge on any atom is -0.497 e. The topological polar surface area (TPSA) is 77.2 Å². The number of amides is 1. The Bertz CT molecular complexity index is 1300. The molecule has 0 radical (unpaired) electrons. The second-order valence-electron chi connectivity index (χ2n) is 9.04. The second-order valence-corrected chi connectivity index (χ2v) is 9.88. The zero-order chi connectivity index (χ0) is 24.2. The van der Waals surface area contributed by atoms with Crippen molar-refractivity contribution < 1.29 is 14.3 Å². The molecule has 1 aliphatic carbocycles. The molecule has 1 N–H and O–H groups in total. The monoisotopic (exact) mass is 490 g/mol. The number of rotatable bonds is 6. The summed E-state index contributed by atoms with van der Waals surface area (Å²) in [4.78, 5) is 17.9. The van der Waals surface area contributed by atoms with E-state index in [1.165, 1.54) is 24.8 Å². The number of benzene rings is 2. The van der Waals surface area contributed by atoms with Gasteiger partial charge >= 0.3 is 0 Å². The van der Waals surface area contributed by atoms with Crippen LogP contribution in [0.25, 0.3) is 11.3 Å². The van der Waals surface area contributed by atoms with Crippen LogP contribution >= 0.6 is 11.3 Å². The Morgan fingerprint density at radius 3 is 2.74 bits per heavy atom. The molecule has 1 saturated carbocycles. The molecule has 0 bridgehead atoms. The van der Waals surface area contributed by atoms with Gasteiger partial charge in [0.25, 0.3) is 5.91 Å². The number of aromatic nitrogens is 1. The quantitative estimate of drug-likeness (QED) is 0.479. The van der Waals surface area contributed by atoms with Crippen LogP contribution in [0.3, 0.4) is 0 Å². The van der Waals surface area contributed by atoms with Crippen molar-refractivity contribution in [1.82, 2.24) is 4.68 Å². The number of fused-ring (bicyclic) bond motifs is 1. The molecule has 0 saturated heterocycles. The summed E-state index contributed by atoms with van der Waals surface area (Å²) >= 11 is 1.61. The van der Waals surface area contributed by atoms with Gasteiger partial charge in [0.05, 0.1) is 24.5 Å². The molecule has 35 heavy (non-hydrogen) atoms. The lowest BCUT2D eigenvalue weighted by Crippen LogP contribution is -2.25. The van der Waals surface area contributed by atoms with E-state index in [1.54, 1.807) is 18.4 Å². The predicted molar refractivity (Wildman–Crippen MR) is 140 cm³/mol. The average molecular weight is 491 g/mol. The van der Waals surface area contributed by atoms with E-state index in [9.17, 15) is 4.79 Å². The van der Waals surface area contributed by atoms with Gasteiger partial charge in [-0.1, -0.05) is 31.4 Å². The van der Waals surface area contributed by atoms with Crippen molar-refractivity contribution in [3.8, 4) is 22.8 Å². The first-order valence-electron chi connectivity index (χ1n) is 12.1. The Kier molecular flexibility index (Phi) is 6.99. The molecule has 0 atom stereocenters. The Morgan fingerprint density at radius 2 is 1.97 bits per heavy atom. The molecule has 0 unspecified atom stereocenters. The van der Waals surface area contributed by atoms with Crippen LogP contribution in [0.15, 0.2) is 57.9 Å². The standard InChI is InChI=1S/C27H30N4O3S/c1-18(14-19-8-11-22(33-2)12-9-19)30-31-24(17-35-27(31)28-21-6-4-3-5-7-21)20-10-13-25-23(15-20)29-26(32)16-34-25/h8-13,15,17,21H,3-7,14,16H2,1-2H3,(H,29,32). The zero-order valence-corrected chi connectivity index (χ0v) is 20.9. The van der Waals surface area contributed by atoms with Crippen LogP contribution < -0.4 is 19.6 Å². The Hall–Kier alpha value is -3.39. The van der Waals surface area contributed by atoms with Crippen molar-refractivity contribution in [2.75, 3.05) is 19.0 Å². The maximum Gasteiger partial charge on any atom is 0.262 e. The number of ether oxygens (including phenoxy) is 2. The van der Waals surface area contributed by atoms with E-state index < -0.39 is 0 Å². The summed E-state index contributed by atoms with van der Waals surface area (Å²) in [6.07, 6.45) is 6.74. The summed E-state index contributed by atoms with van der Waals surface area (Å²) < 4.78 is 12.8. The maximum atomic E-state index is 11.8. The summed E-state index contributed by atoms with van der Waals surface area (Å²) in [6, 6.07) is 14.3. The first-order chi connectivity index (χ1) is 17.1. The number of carbonyl (C=O) groups is 1. The second kappa shape index (κ2) is 10.5. The van der Waals surface area contributed by atoms with E-state index in [2.05, 4.69) is 22.8 Å². The van der Waals surface area contributed by atoms with Gasteiger partial charge in [0.15, 0.2) is 6.61 Å². The Morgan fingerprint density at radius 1 is 1.17 bits per heavy atom. The normalized spacial score (nSPS) is 17.0. The minimum atomic E-state index is -0.144. The molecule has 1 aromatic heterocycles. The fraction of sp³-hybridized carbons (Fsp3) is 0.370. The van der Waals surface area contributed by atoms with Crippen molar-refractivity contribution in [2.45, 2.75) is 51.5 Å². The molecule has 7 nitrogen and oxygen atoms in total. The molecular weight excluding hydrogens is 460 g/mol. The third kappa shape index (κ3) is 5.48. The molecule has 1 aliphatic heterocycles. The highest BCUT2D eigenvalue weighted by Crippen LogP contribution is 2.33. The van der Waals surface area contributed by atoms with E-state index in [-0.39, 0.29) is 12.5 Å². The van der Waals surface area contributed by atoms with Gasteiger partial charge in [-0.3, -0.25) is 9.79 Å². The summed E-state index contributed by atoms with van der Waals surface area (Å²) in [7, 11) is 1.67. The lowest BCUT2D eigenvalue weighted by Gasteiger charge is -2.19. The molecule has 0 spiro atoms. The van der Waals surface area contributed by atoms with Gasteiger partial charge in [0.2, 0.25) is 4.80 Å². The van der Waals surface area contributed by atoms with Crippen LogP contribution in [-0.2, 0) is 11.2 Å². The van der Waals surface area contributed by atoms with Gasteiger partial charge in [0, 0.05) is 23.1 Å². The van der Waals surface area contributed by atoms with Gasteiger partial charge in [-0.15, -0.1) is 11.3 Å². The van der Waals surface area contributed by atoms with E-state index in [0.717, 1.165) is 46.8 Å². The number of nitrogens with one attached hydrogen (secondary N) is 1. The highest BCUT2D eigenvalue weighted by atomic mass is 32.1. The fourth-order valence-electron chi connectivity index (χ4n) is 4.54. The number of anilines is 1. The van der Waals surface area contributed by atoms with Crippen LogP contribution in [-0.4, -0.2) is 36.1 Å². The molecule has 5 rings (SSSR count). The summed E-state index contributed by atoms with van der Waals surface area (Å²) in [5, 5.41) is 10.0. The molecule has 182 valence electrons. The van der Waals surface area contributed by atoms with E-state index >= 15 is 0 Å². The lowest BCUT2D eigenvalue weighted by atomic mass is 9.96. The number of thiazole rings is 1. The van der Waals surface area contributed by atoms with Crippen LogP contribution in [0.5, 0.6) is 11.5 Å². The largest absolute Gasteiger partial charge is 0.497 e. The predicted octanol–water partition coefficient (Wildman–Crippen LogP) is 5.26. The molecule has 1 amide bonds. The first kappa shape index (κ1) is 23.4. The maximum absolute atomic E-state index is 11.8. The summed E-state index contributed by atoms with van der Waals surface area (Å²) in [5.74, 6) is 1.38. The van der Waals surface area contributed by atoms with Crippen LogP contribution in [0.2, 0.25) is 0 Å². The zero-order valence-electron chi connectivity index (χ0n) is 20.1. The van der Waals surface area contributed by atoms with Crippen molar-refractivity contribution in [2.24, 2.45) is 10.1 Å². The SMILES string of the molecule is COc1ccc(CC(C)=Nn2c(-c3ccc4c(c3)NC(=O)CO4)csc2=NC2CCCCC2)cc1. The molecule has 8 heteroatoms. The third-order valence-electron chi connectivity index (χ3n) is 6.35. The van der Waals surface area contributed by atoms with Crippen molar-refractivity contribution in [3.63, 3.8) is 0 Å². The Balaban J connectivity index is 1.52. The van der Waals surface area contributed by atoms with Crippen molar-refractivity contribution in [1.29, 1.82) is 0 Å². The van der Waals surface area contributed by atoms with Crippen LogP contribution in [0, 0.1) is 0 Å². The highest BCUT2D eigenvalue weighted by Gasteiger charge is 2.19. The fourth-order valence-corrected chi connectivity index (χ4v) is 5.44. The minimum absolute atomic E-state index is 0.0457. The van der Waals surface area contributed by atoms with Gasteiger partial charge in [-0.2, -0.15) is 5.10 Å². The van der Waals surface area contributed by atoms with Gasteiger partial charge in [0.1, 0.15) is 11.5 Å².